The van der Waals surface area contributed by atoms with Crippen LogP contribution in [-0.2, 0) is 16.2 Å². The Morgan fingerprint density at radius 2 is 1.78 bits per heavy atom. The maximum atomic E-state index is 13.2. The maximum absolute atomic E-state index is 13.2. The van der Waals surface area contributed by atoms with E-state index in [4.69, 9.17) is 9.47 Å². The number of urea groups is 1. The number of halogens is 1. The van der Waals surface area contributed by atoms with Crippen molar-refractivity contribution in [2.75, 3.05) is 12.0 Å². The van der Waals surface area contributed by atoms with E-state index in [1.807, 2.05) is 6.92 Å². The van der Waals surface area contributed by atoms with Crippen LogP contribution in [0.2, 0.25) is 0 Å². The molecule has 4 amide bonds. The van der Waals surface area contributed by atoms with E-state index in [1.165, 1.54) is 25.3 Å². The molecular weight excluding hydrogens is 546 g/mol. The minimum absolute atomic E-state index is 0.0411. The number of carbonyl (C=O) groups is 3. The number of rotatable bonds is 7. The Hall–Kier alpha value is -4.51. The molecule has 37 heavy (non-hydrogen) atoms. The molecular formula is C26H20BrN3O7. The topological polar surface area (TPSA) is 128 Å². The summed E-state index contributed by atoms with van der Waals surface area (Å²) in [4.78, 5) is 49.6. The molecule has 4 rings (SSSR count). The van der Waals surface area contributed by atoms with Crippen molar-refractivity contribution in [3.63, 3.8) is 0 Å². The Morgan fingerprint density at radius 1 is 1.05 bits per heavy atom. The number of nitro groups is 1. The summed E-state index contributed by atoms with van der Waals surface area (Å²) in [7, 11) is 1.43. The first-order valence-electron chi connectivity index (χ1n) is 10.9. The molecule has 0 unspecified atom stereocenters. The number of anilines is 1. The van der Waals surface area contributed by atoms with Crippen molar-refractivity contribution in [3.8, 4) is 11.5 Å². The lowest BCUT2D eigenvalue weighted by molar-refractivity contribution is -0.384. The smallest absolute Gasteiger partial charge is 0.335 e. The minimum atomic E-state index is -0.836. The number of amides is 4. The normalized spacial score (nSPS) is 14.5. The molecule has 3 aromatic rings. The third-order valence-electron chi connectivity index (χ3n) is 5.49. The highest BCUT2D eigenvalue weighted by Gasteiger charge is 2.37. The minimum Gasteiger partial charge on any atom is -0.493 e. The summed E-state index contributed by atoms with van der Waals surface area (Å²) in [6.45, 7) is 1.91. The third kappa shape index (κ3) is 5.51. The third-order valence-corrected chi connectivity index (χ3v) is 6.18. The lowest BCUT2D eigenvalue weighted by Crippen LogP contribution is -2.54. The van der Waals surface area contributed by atoms with Crippen LogP contribution in [0, 0.1) is 17.0 Å². The second-order valence-electron chi connectivity index (χ2n) is 8.03. The molecule has 0 aromatic heterocycles. The molecule has 1 aliphatic rings. The molecule has 0 spiro atoms. The van der Waals surface area contributed by atoms with Crippen molar-refractivity contribution in [3.05, 3.63) is 97.5 Å². The maximum Gasteiger partial charge on any atom is 0.335 e. The summed E-state index contributed by atoms with van der Waals surface area (Å²) in [5.41, 5.74) is 2.00. The van der Waals surface area contributed by atoms with Crippen LogP contribution in [0.5, 0.6) is 11.5 Å². The van der Waals surface area contributed by atoms with E-state index < -0.39 is 22.8 Å². The number of carbonyl (C=O) groups excluding carboxylic acids is 3. The van der Waals surface area contributed by atoms with Gasteiger partial charge in [-0.3, -0.25) is 25.0 Å². The molecule has 0 bridgehead atoms. The predicted octanol–water partition coefficient (Wildman–Crippen LogP) is 4.92. The molecule has 1 aliphatic heterocycles. The highest BCUT2D eigenvalue weighted by atomic mass is 79.9. The molecule has 11 heteroatoms. The molecule has 1 heterocycles. The molecule has 188 valence electrons. The number of ether oxygens (including phenoxy) is 2. The fourth-order valence-corrected chi connectivity index (χ4v) is 4.03. The molecule has 0 radical (unpaired) electrons. The Bertz CT molecular complexity index is 1450. The second-order valence-corrected chi connectivity index (χ2v) is 8.89. The Kier molecular flexibility index (Phi) is 7.35. The SMILES string of the molecule is COc1cc(/C=C2\C(=O)NC(=O)N(c3ccc(C)cc3)C2=O)c(Br)cc1OCc1cccc([N+](=O)[O-])c1. The van der Waals surface area contributed by atoms with Crippen LogP contribution in [0.3, 0.4) is 0 Å². The Labute approximate surface area is 219 Å². The van der Waals surface area contributed by atoms with Crippen molar-refractivity contribution in [1.82, 2.24) is 5.32 Å². The second kappa shape index (κ2) is 10.6. The number of hydrogen-bond donors (Lipinski definition) is 1. The van der Waals surface area contributed by atoms with Crippen molar-refractivity contribution in [1.29, 1.82) is 0 Å². The van der Waals surface area contributed by atoms with Gasteiger partial charge in [-0.1, -0.05) is 45.8 Å². The molecule has 0 aliphatic carbocycles. The van der Waals surface area contributed by atoms with Crippen LogP contribution >= 0.6 is 15.9 Å². The quantitative estimate of drug-likeness (QED) is 0.186. The number of nitrogens with one attached hydrogen (secondary N) is 1. The van der Waals surface area contributed by atoms with Gasteiger partial charge in [0.1, 0.15) is 12.2 Å². The van der Waals surface area contributed by atoms with E-state index >= 15 is 0 Å². The average Bonchev–Trinajstić information content (AvgIpc) is 2.87. The van der Waals surface area contributed by atoms with Crippen molar-refractivity contribution >= 4 is 51.2 Å². The highest BCUT2D eigenvalue weighted by Crippen LogP contribution is 2.36. The number of nitro benzene ring substituents is 1. The van der Waals surface area contributed by atoms with Gasteiger partial charge >= 0.3 is 6.03 Å². The van der Waals surface area contributed by atoms with Crippen LogP contribution in [0.25, 0.3) is 6.08 Å². The zero-order chi connectivity index (χ0) is 26.7. The number of imide groups is 2. The van der Waals surface area contributed by atoms with E-state index in [0.717, 1.165) is 10.5 Å². The van der Waals surface area contributed by atoms with E-state index in [-0.39, 0.29) is 17.9 Å². The van der Waals surface area contributed by atoms with E-state index in [1.54, 1.807) is 48.5 Å². The van der Waals surface area contributed by atoms with E-state index in [0.29, 0.717) is 32.8 Å². The number of hydrogen-bond acceptors (Lipinski definition) is 7. The van der Waals surface area contributed by atoms with Crippen LogP contribution in [0.4, 0.5) is 16.2 Å². The number of non-ortho nitro benzene ring substituents is 1. The first-order chi connectivity index (χ1) is 17.7. The van der Waals surface area contributed by atoms with Gasteiger partial charge in [-0.05, 0) is 48.4 Å². The number of aryl methyl sites for hydroxylation is 1. The molecule has 1 saturated heterocycles. The van der Waals surface area contributed by atoms with Crippen LogP contribution in [0.1, 0.15) is 16.7 Å². The Balaban J connectivity index is 1.62. The van der Waals surface area contributed by atoms with Crippen molar-refractivity contribution in [2.45, 2.75) is 13.5 Å². The van der Waals surface area contributed by atoms with Gasteiger partial charge in [0.15, 0.2) is 11.5 Å². The van der Waals surface area contributed by atoms with Gasteiger partial charge in [-0.25, -0.2) is 9.69 Å². The zero-order valence-electron chi connectivity index (χ0n) is 19.7. The summed E-state index contributed by atoms with van der Waals surface area (Å²) in [5.74, 6) is -0.959. The van der Waals surface area contributed by atoms with E-state index in [9.17, 15) is 24.5 Å². The molecule has 3 aromatic carbocycles. The van der Waals surface area contributed by atoms with Crippen LogP contribution in [0.15, 0.2) is 70.7 Å². The van der Waals surface area contributed by atoms with Gasteiger partial charge in [0, 0.05) is 16.6 Å². The summed E-state index contributed by atoms with van der Waals surface area (Å²) >= 11 is 3.42. The summed E-state index contributed by atoms with van der Waals surface area (Å²) in [6, 6.07) is 15.1. The first kappa shape index (κ1) is 25.6. The predicted molar refractivity (Wildman–Crippen MR) is 138 cm³/mol. The van der Waals surface area contributed by atoms with Crippen LogP contribution in [-0.4, -0.2) is 29.9 Å². The molecule has 0 saturated carbocycles. The highest BCUT2D eigenvalue weighted by molar-refractivity contribution is 9.10. The fraction of sp³-hybridized carbons (Fsp3) is 0.115. The summed E-state index contributed by atoms with van der Waals surface area (Å²) < 4.78 is 11.7. The lowest BCUT2D eigenvalue weighted by Gasteiger charge is -2.26. The molecule has 1 fully saturated rings. The van der Waals surface area contributed by atoms with Gasteiger partial charge in [0.05, 0.1) is 17.7 Å². The Morgan fingerprint density at radius 3 is 2.46 bits per heavy atom. The monoisotopic (exact) mass is 565 g/mol. The average molecular weight is 566 g/mol. The first-order valence-corrected chi connectivity index (χ1v) is 11.7. The van der Waals surface area contributed by atoms with Gasteiger partial charge in [0.25, 0.3) is 17.5 Å². The zero-order valence-corrected chi connectivity index (χ0v) is 21.3. The molecule has 0 atom stereocenters. The summed E-state index contributed by atoms with van der Waals surface area (Å²) in [6.07, 6.45) is 1.35. The number of barbiturate groups is 1. The van der Waals surface area contributed by atoms with Crippen molar-refractivity contribution in [2.24, 2.45) is 0 Å². The largest absolute Gasteiger partial charge is 0.493 e. The summed E-state index contributed by atoms with van der Waals surface area (Å²) in [5, 5.41) is 13.2. The van der Waals surface area contributed by atoms with Gasteiger partial charge in [-0.2, -0.15) is 0 Å². The molecule has 1 N–H and O–H groups in total. The lowest BCUT2D eigenvalue weighted by atomic mass is 10.1. The number of nitrogens with zero attached hydrogens (tertiary/aromatic N) is 2. The van der Waals surface area contributed by atoms with Gasteiger partial charge in [0.2, 0.25) is 0 Å². The van der Waals surface area contributed by atoms with Crippen molar-refractivity contribution < 1.29 is 28.8 Å². The van der Waals surface area contributed by atoms with Gasteiger partial charge < -0.3 is 9.47 Å². The number of methoxy groups -OCH3 is 1. The van der Waals surface area contributed by atoms with Crippen LogP contribution < -0.4 is 19.7 Å². The number of benzene rings is 3. The fourth-order valence-electron chi connectivity index (χ4n) is 3.60. The van der Waals surface area contributed by atoms with Gasteiger partial charge in [-0.15, -0.1) is 0 Å². The van der Waals surface area contributed by atoms with E-state index in [2.05, 4.69) is 21.2 Å². The standard InChI is InChI=1S/C26H20BrN3O7/c1-15-6-8-18(9-7-15)29-25(32)20(24(31)28-26(29)33)11-17-12-22(36-2)23(13-21(17)27)37-14-16-4-3-5-19(10-16)30(34)35/h3-13H,14H2,1-2H3,(H,28,31,33)/b20-11+. The molecule has 10 nitrogen and oxygen atoms in total.